The molecule has 1 nitrogen and oxygen atoms in total. The zero-order valence-electron chi connectivity index (χ0n) is 19.6. The summed E-state index contributed by atoms with van der Waals surface area (Å²) < 4.78 is 0. The van der Waals surface area contributed by atoms with Gasteiger partial charge in [-0.05, 0) is 73.7 Å². The maximum Gasteiger partial charge on any atom is 0.0100 e. The molecule has 2 saturated carbocycles. The number of hydrogen-bond acceptors (Lipinski definition) is 1. The highest BCUT2D eigenvalue weighted by Gasteiger charge is 2.38. The van der Waals surface area contributed by atoms with E-state index in [-0.39, 0.29) is 0 Å². The molecular weight excluding hydrogens is 326 g/mol. The van der Waals surface area contributed by atoms with Crippen molar-refractivity contribution < 1.29 is 0 Å². The molecule has 2 rings (SSSR count). The van der Waals surface area contributed by atoms with Gasteiger partial charge in [0.15, 0.2) is 0 Å². The van der Waals surface area contributed by atoms with Gasteiger partial charge < -0.3 is 5.32 Å². The molecule has 2 fully saturated rings. The standard InChI is InChI=1S/C26H51N/c1-7-10-15-24-23(12-8-2)20(5)18-21(6)25(22-13-11-14-22)16-19(4)17-26(24)27-9-3/h19-27H,7-18H2,1-6H3. The van der Waals surface area contributed by atoms with Crippen molar-refractivity contribution in [1.82, 2.24) is 5.32 Å². The van der Waals surface area contributed by atoms with Crippen molar-refractivity contribution in [3.8, 4) is 0 Å². The van der Waals surface area contributed by atoms with Crippen molar-refractivity contribution in [2.75, 3.05) is 6.54 Å². The summed E-state index contributed by atoms with van der Waals surface area (Å²) in [6.07, 6.45) is 15.9. The molecule has 0 aromatic carbocycles. The third-order valence-electron chi connectivity index (χ3n) is 8.34. The average molecular weight is 378 g/mol. The van der Waals surface area contributed by atoms with Crippen LogP contribution in [0.5, 0.6) is 0 Å². The van der Waals surface area contributed by atoms with E-state index < -0.39 is 0 Å². The lowest BCUT2D eigenvalue weighted by atomic mass is 9.62. The first-order chi connectivity index (χ1) is 13.0. The van der Waals surface area contributed by atoms with Crippen molar-refractivity contribution in [3.63, 3.8) is 0 Å². The SMILES string of the molecule is CCCCC1C(NCC)CC(C)CC(C2CCC2)C(C)CC(C)C1CCC. The summed E-state index contributed by atoms with van der Waals surface area (Å²) in [5.74, 6) is 6.53. The minimum Gasteiger partial charge on any atom is -0.314 e. The van der Waals surface area contributed by atoms with Crippen LogP contribution in [-0.4, -0.2) is 12.6 Å². The fourth-order valence-electron chi connectivity index (χ4n) is 6.77. The summed E-state index contributed by atoms with van der Waals surface area (Å²) in [5, 5.41) is 3.98. The first kappa shape index (κ1) is 23.2. The quantitative estimate of drug-likeness (QED) is 0.457. The Bertz CT molecular complexity index is 388. The lowest BCUT2D eigenvalue weighted by Crippen LogP contribution is -2.44. The topological polar surface area (TPSA) is 12.0 Å². The van der Waals surface area contributed by atoms with Crippen LogP contribution in [0.4, 0.5) is 0 Å². The summed E-state index contributed by atoms with van der Waals surface area (Å²) in [5.41, 5.74) is 0. The third-order valence-corrected chi connectivity index (χ3v) is 8.34. The molecule has 2 aliphatic carbocycles. The van der Waals surface area contributed by atoms with E-state index in [0.29, 0.717) is 0 Å². The van der Waals surface area contributed by atoms with Gasteiger partial charge in [-0.1, -0.05) is 86.5 Å². The zero-order chi connectivity index (χ0) is 19.8. The number of hydrogen-bond donors (Lipinski definition) is 1. The number of nitrogens with one attached hydrogen (secondary N) is 1. The van der Waals surface area contributed by atoms with E-state index in [1.807, 2.05) is 0 Å². The van der Waals surface area contributed by atoms with Crippen LogP contribution in [0.3, 0.4) is 0 Å². The minimum absolute atomic E-state index is 0.742. The molecule has 7 atom stereocenters. The molecule has 0 amide bonds. The first-order valence-electron chi connectivity index (χ1n) is 12.7. The van der Waals surface area contributed by atoms with Gasteiger partial charge >= 0.3 is 0 Å². The van der Waals surface area contributed by atoms with Gasteiger partial charge in [0.25, 0.3) is 0 Å². The van der Waals surface area contributed by atoms with Crippen LogP contribution in [0.25, 0.3) is 0 Å². The lowest BCUT2D eigenvalue weighted by molar-refractivity contribution is 0.0642. The fraction of sp³-hybridized carbons (Fsp3) is 1.00. The summed E-state index contributed by atoms with van der Waals surface area (Å²) in [4.78, 5) is 0. The van der Waals surface area contributed by atoms with Gasteiger partial charge in [0.2, 0.25) is 0 Å². The molecule has 0 aromatic heterocycles. The Morgan fingerprint density at radius 2 is 1.52 bits per heavy atom. The molecule has 0 spiro atoms. The van der Waals surface area contributed by atoms with E-state index >= 15 is 0 Å². The summed E-state index contributed by atoms with van der Waals surface area (Å²) in [6, 6.07) is 0.742. The number of unbranched alkanes of at least 4 members (excludes halogenated alkanes) is 1. The Morgan fingerprint density at radius 1 is 0.778 bits per heavy atom. The second kappa shape index (κ2) is 11.8. The molecule has 0 radical (unpaired) electrons. The fourth-order valence-corrected chi connectivity index (χ4v) is 6.77. The van der Waals surface area contributed by atoms with E-state index in [4.69, 9.17) is 0 Å². The largest absolute Gasteiger partial charge is 0.314 e. The second-order valence-corrected chi connectivity index (χ2v) is 10.5. The Hall–Kier alpha value is -0.0400. The van der Waals surface area contributed by atoms with Crippen molar-refractivity contribution in [2.45, 2.75) is 118 Å². The summed E-state index contributed by atoms with van der Waals surface area (Å²) in [6.45, 7) is 16.0. The average Bonchev–Trinajstić information content (AvgIpc) is 2.58. The van der Waals surface area contributed by atoms with Gasteiger partial charge in [0, 0.05) is 6.04 Å². The summed E-state index contributed by atoms with van der Waals surface area (Å²) in [7, 11) is 0. The zero-order valence-corrected chi connectivity index (χ0v) is 19.6. The molecule has 0 bridgehead atoms. The van der Waals surface area contributed by atoms with Crippen molar-refractivity contribution >= 4 is 0 Å². The van der Waals surface area contributed by atoms with Gasteiger partial charge in [0.1, 0.15) is 0 Å². The monoisotopic (exact) mass is 377 g/mol. The van der Waals surface area contributed by atoms with Crippen LogP contribution in [-0.2, 0) is 0 Å². The van der Waals surface area contributed by atoms with Gasteiger partial charge in [-0.3, -0.25) is 0 Å². The van der Waals surface area contributed by atoms with Crippen LogP contribution < -0.4 is 5.32 Å². The predicted octanol–water partition coefficient (Wildman–Crippen LogP) is 7.70. The van der Waals surface area contributed by atoms with E-state index in [0.717, 1.165) is 54.0 Å². The highest BCUT2D eigenvalue weighted by Crippen LogP contribution is 2.46. The molecule has 0 aliphatic heterocycles. The molecule has 2 aliphatic rings. The molecule has 7 unspecified atom stereocenters. The van der Waals surface area contributed by atoms with Crippen molar-refractivity contribution in [2.24, 2.45) is 41.4 Å². The van der Waals surface area contributed by atoms with Crippen LogP contribution in [0, 0.1) is 41.4 Å². The summed E-state index contributed by atoms with van der Waals surface area (Å²) >= 11 is 0. The maximum absolute atomic E-state index is 3.98. The van der Waals surface area contributed by atoms with E-state index in [2.05, 4.69) is 46.9 Å². The lowest BCUT2D eigenvalue weighted by Gasteiger charge is -2.45. The Balaban J connectivity index is 2.25. The van der Waals surface area contributed by atoms with Gasteiger partial charge in [-0.15, -0.1) is 0 Å². The number of rotatable bonds is 8. The van der Waals surface area contributed by atoms with Crippen molar-refractivity contribution in [3.05, 3.63) is 0 Å². The predicted molar refractivity (Wildman–Crippen MR) is 121 cm³/mol. The second-order valence-electron chi connectivity index (χ2n) is 10.5. The Morgan fingerprint density at radius 3 is 2.07 bits per heavy atom. The van der Waals surface area contributed by atoms with Crippen molar-refractivity contribution in [1.29, 1.82) is 0 Å². The van der Waals surface area contributed by atoms with Gasteiger partial charge in [-0.2, -0.15) is 0 Å². The van der Waals surface area contributed by atoms with Crippen LogP contribution in [0.15, 0.2) is 0 Å². The molecule has 27 heavy (non-hydrogen) atoms. The minimum atomic E-state index is 0.742. The molecule has 0 heterocycles. The Kier molecular flexibility index (Phi) is 10.2. The normalized spacial score (nSPS) is 39.1. The van der Waals surface area contributed by atoms with E-state index in [1.54, 1.807) is 0 Å². The smallest absolute Gasteiger partial charge is 0.0100 e. The first-order valence-corrected chi connectivity index (χ1v) is 12.7. The molecule has 0 saturated heterocycles. The van der Waals surface area contributed by atoms with Gasteiger partial charge in [0.05, 0.1) is 0 Å². The maximum atomic E-state index is 3.98. The molecular formula is C26H51N. The molecule has 0 aromatic rings. The highest BCUT2D eigenvalue weighted by molar-refractivity contribution is 4.90. The van der Waals surface area contributed by atoms with Crippen LogP contribution in [0.2, 0.25) is 0 Å². The van der Waals surface area contributed by atoms with Gasteiger partial charge in [-0.25, -0.2) is 0 Å². The highest BCUT2D eigenvalue weighted by atomic mass is 14.9. The van der Waals surface area contributed by atoms with E-state index in [9.17, 15) is 0 Å². The molecule has 1 N–H and O–H groups in total. The van der Waals surface area contributed by atoms with E-state index in [1.165, 1.54) is 70.6 Å². The van der Waals surface area contributed by atoms with Crippen LogP contribution in [0.1, 0.15) is 112 Å². The Labute approximate surface area is 171 Å². The molecule has 160 valence electrons. The van der Waals surface area contributed by atoms with Crippen LogP contribution >= 0.6 is 0 Å². The third kappa shape index (κ3) is 6.48. The molecule has 1 heteroatoms.